The SMILES string of the molecule is CCCCNC(=O)COCCOCCNC(=O)COCCOCCNC(=O)COCCOCNC(=O)CC. The molecule has 0 radical (unpaired) electrons. The Kier molecular flexibility index (Phi) is 26.0. The monoisotopic (exact) mass is 550 g/mol. The lowest BCUT2D eigenvalue weighted by Crippen LogP contribution is -2.32. The first-order valence-electron chi connectivity index (χ1n) is 13.0. The molecule has 14 heteroatoms. The molecule has 0 aromatic carbocycles. The normalized spacial score (nSPS) is 10.7. The summed E-state index contributed by atoms with van der Waals surface area (Å²) in [5.41, 5.74) is 0. The van der Waals surface area contributed by atoms with E-state index in [2.05, 4.69) is 28.2 Å². The van der Waals surface area contributed by atoms with E-state index < -0.39 is 0 Å². The lowest BCUT2D eigenvalue weighted by molar-refractivity contribution is -0.128. The molecule has 0 aromatic rings. The van der Waals surface area contributed by atoms with E-state index in [4.69, 9.17) is 28.4 Å². The third-order valence-corrected chi connectivity index (χ3v) is 4.50. The van der Waals surface area contributed by atoms with Crippen LogP contribution in [0.15, 0.2) is 0 Å². The van der Waals surface area contributed by atoms with Crippen molar-refractivity contribution in [2.45, 2.75) is 33.1 Å². The van der Waals surface area contributed by atoms with Gasteiger partial charge >= 0.3 is 0 Å². The van der Waals surface area contributed by atoms with Gasteiger partial charge in [0.1, 0.15) is 26.6 Å². The second-order valence-corrected chi connectivity index (χ2v) is 7.79. The van der Waals surface area contributed by atoms with E-state index in [-0.39, 0.29) is 76.6 Å². The second kappa shape index (κ2) is 27.7. The first kappa shape index (κ1) is 35.6. The zero-order valence-corrected chi connectivity index (χ0v) is 22.8. The highest BCUT2D eigenvalue weighted by Crippen LogP contribution is 1.85. The Morgan fingerprint density at radius 2 is 0.895 bits per heavy atom. The summed E-state index contributed by atoms with van der Waals surface area (Å²) >= 11 is 0. The molecule has 0 saturated carbocycles. The van der Waals surface area contributed by atoms with E-state index in [1.165, 1.54) is 0 Å². The molecule has 0 aliphatic carbocycles. The smallest absolute Gasteiger partial charge is 0.246 e. The van der Waals surface area contributed by atoms with E-state index in [0.29, 0.717) is 52.5 Å². The van der Waals surface area contributed by atoms with Crippen molar-refractivity contribution in [3.63, 3.8) is 0 Å². The molecule has 0 atom stereocenters. The van der Waals surface area contributed by atoms with E-state index >= 15 is 0 Å². The van der Waals surface area contributed by atoms with Gasteiger partial charge in [0, 0.05) is 26.1 Å². The lowest BCUT2D eigenvalue weighted by atomic mass is 10.3. The molecule has 0 saturated heterocycles. The van der Waals surface area contributed by atoms with Crippen molar-refractivity contribution in [1.29, 1.82) is 0 Å². The van der Waals surface area contributed by atoms with Crippen molar-refractivity contribution < 1.29 is 47.6 Å². The number of ether oxygens (including phenoxy) is 6. The van der Waals surface area contributed by atoms with Crippen LogP contribution in [0.5, 0.6) is 0 Å². The molecule has 0 fully saturated rings. The molecule has 4 N–H and O–H groups in total. The minimum Gasteiger partial charge on any atom is -0.377 e. The second-order valence-electron chi connectivity index (χ2n) is 7.79. The minimum atomic E-state index is -0.275. The van der Waals surface area contributed by atoms with Crippen molar-refractivity contribution >= 4 is 23.6 Å². The molecule has 38 heavy (non-hydrogen) atoms. The number of rotatable bonds is 27. The Bertz CT molecular complexity index is 625. The van der Waals surface area contributed by atoms with Crippen LogP contribution in [0.1, 0.15) is 33.1 Å². The van der Waals surface area contributed by atoms with Crippen LogP contribution in [0.3, 0.4) is 0 Å². The highest BCUT2D eigenvalue weighted by Gasteiger charge is 2.03. The van der Waals surface area contributed by atoms with Crippen LogP contribution >= 0.6 is 0 Å². The molecular weight excluding hydrogens is 504 g/mol. The average Bonchev–Trinajstić information content (AvgIpc) is 2.91. The number of unbranched alkanes of at least 4 members (excludes halogenated alkanes) is 1. The van der Waals surface area contributed by atoms with Gasteiger partial charge in [-0.25, -0.2) is 0 Å². The van der Waals surface area contributed by atoms with E-state index in [1.807, 2.05) is 0 Å². The van der Waals surface area contributed by atoms with Crippen molar-refractivity contribution in [3.05, 3.63) is 0 Å². The van der Waals surface area contributed by atoms with Gasteiger partial charge in [-0.2, -0.15) is 0 Å². The Morgan fingerprint density at radius 3 is 1.34 bits per heavy atom. The number of hydrogen-bond donors (Lipinski definition) is 4. The summed E-state index contributed by atoms with van der Waals surface area (Å²) in [4.78, 5) is 45.7. The van der Waals surface area contributed by atoms with Crippen molar-refractivity contribution in [2.75, 3.05) is 99.0 Å². The van der Waals surface area contributed by atoms with Crippen molar-refractivity contribution in [3.8, 4) is 0 Å². The number of nitrogens with one attached hydrogen (secondary N) is 4. The Labute approximate surface area is 225 Å². The Morgan fingerprint density at radius 1 is 0.474 bits per heavy atom. The quantitative estimate of drug-likeness (QED) is 0.0713. The van der Waals surface area contributed by atoms with Crippen LogP contribution in [0, 0.1) is 0 Å². The van der Waals surface area contributed by atoms with Gasteiger partial charge in [-0.1, -0.05) is 20.3 Å². The zero-order chi connectivity index (χ0) is 28.1. The molecule has 0 unspecified atom stereocenters. The van der Waals surface area contributed by atoms with Gasteiger partial charge in [-0.05, 0) is 6.42 Å². The van der Waals surface area contributed by atoms with E-state index in [9.17, 15) is 19.2 Å². The van der Waals surface area contributed by atoms with Gasteiger partial charge in [0.15, 0.2) is 0 Å². The zero-order valence-electron chi connectivity index (χ0n) is 22.8. The summed E-state index contributed by atoms with van der Waals surface area (Å²) in [5.74, 6) is -0.776. The third-order valence-electron chi connectivity index (χ3n) is 4.50. The summed E-state index contributed by atoms with van der Waals surface area (Å²) < 4.78 is 31.4. The summed E-state index contributed by atoms with van der Waals surface area (Å²) in [6, 6.07) is 0. The fourth-order valence-electron chi connectivity index (χ4n) is 2.46. The van der Waals surface area contributed by atoms with Crippen LogP contribution in [-0.4, -0.2) is 123 Å². The van der Waals surface area contributed by atoms with Crippen LogP contribution in [0.2, 0.25) is 0 Å². The van der Waals surface area contributed by atoms with Gasteiger partial charge < -0.3 is 49.7 Å². The molecule has 0 rings (SSSR count). The van der Waals surface area contributed by atoms with Crippen molar-refractivity contribution in [2.24, 2.45) is 0 Å². The number of carbonyl (C=O) groups excluding carboxylic acids is 4. The summed E-state index contributed by atoms with van der Waals surface area (Å²) in [5, 5.41) is 10.6. The highest BCUT2D eigenvalue weighted by molar-refractivity contribution is 5.77. The van der Waals surface area contributed by atoms with Gasteiger partial charge in [-0.3, -0.25) is 19.2 Å². The molecule has 14 nitrogen and oxygen atoms in total. The minimum absolute atomic E-state index is 0.00847. The number of amides is 4. The van der Waals surface area contributed by atoms with Gasteiger partial charge in [0.25, 0.3) is 0 Å². The summed E-state index contributed by atoms with van der Waals surface area (Å²) in [6.07, 6.45) is 2.36. The molecule has 222 valence electrons. The number of hydrogen-bond acceptors (Lipinski definition) is 10. The predicted octanol–water partition coefficient (Wildman–Crippen LogP) is -1.28. The standard InChI is InChI=1S/C24H46N4O10/c1-3-5-6-25-22(30)17-35-13-11-33-9-7-26-23(31)18-36-14-12-34-10-8-27-24(32)19-37-15-16-38-20-28-21(29)4-2/h3-20H2,1-2H3,(H,25,30)(H,26,31)(H,27,32)(H,28,29). The molecule has 0 aliphatic rings. The summed E-state index contributed by atoms with van der Waals surface area (Å²) in [7, 11) is 0. The fourth-order valence-corrected chi connectivity index (χ4v) is 2.46. The largest absolute Gasteiger partial charge is 0.377 e. The van der Waals surface area contributed by atoms with E-state index in [0.717, 1.165) is 12.8 Å². The van der Waals surface area contributed by atoms with Gasteiger partial charge in [0.05, 0.1) is 52.9 Å². The molecule has 0 bridgehead atoms. The molecule has 0 heterocycles. The first-order chi connectivity index (χ1) is 18.5. The van der Waals surface area contributed by atoms with Crippen molar-refractivity contribution in [1.82, 2.24) is 21.3 Å². The van der Waals surface area contributed by atoms with Crippen LogP contribution in [-0.2, 0) is 47.6 Å². The van der Waals surface area contributed by atoms with Gasteiger partial charge in [0.2, 0.25) is 23.6 Å². The lowest BCUT2D eigenvalue weighted by Gasteiger charge is -2.09. The molecule has 0 aromatic heterocycles. The fraction of sp³-hybridized carbons (Fsp3) is 0.833. The highest BCUT2D eigenvalue weighted by atomic mass is 16.5. The molecule has 0 spiro atoms. The predicted molar refractivity (Wildman–Crippen MR) is 137 cm³/mol. The maximum atomic E-state index is 11.7. The van der Waals surface area contributed by atoms with Gasteiger partial charge in [-0.15, -0.1) is 0 Å². The van der Waals surface area contributed by atoms with E-state index in [1.54, 1.807) is 6.92 Å². The molecular formula is C24H46N4O10. The van der Waals surface area contributed by atoms with Crippen LogP contribution in [0.4, 0.5) is 0 Å². The Hall–Kier alpha value is -2.36. The van der Waals surface area contributed by atoms with Crippen LogP contribution in [0.25, 0.3) is 0 Å². The topological polar surface area (TPSA) is 172 Å². The first-order valence-corrected chi connectivity index (χ1v) is 13.0. The summed E-state index contributed by atoms with van der Waals surface area (Å²) in [6.45, 7) is 7.32. The maximum absolute atomic E-state index is 11.7. The average molecular weight is 551 g/mol. The third kappa shape index (κ3) is 26.7. The molecule has 0 aliphatic heterocycles. The maximum Gasteiger partial charge on any atom is 0.246 e. The van der Waals surface area contributed by atoms with Crippen LogP contribution < -0.4 is 21.3 Å². The Balaban J connectivity index is 3.33. The molecule has 4 amide bonds. The number of carbonyl (C=O) groups is 4.